The first-order valence-corrected chi connectivity index (χ1v) is 8.78. The van der Waals surface area contributed by atoms with Gasteiger partial charge in [0, 0.05) is 33.4 Å². The van der Waals surface area contributed by atoms with E-state index in [-0.39, 0.29) is 12.1 Å². The summed E-state index contributed by atoms with van der Waals surface area (Å²) in [6, 6.07) is 6.29. The molecule has 1 aliphatic rings. The Morgan fingerprint density at radius 3 is 3.09 bits per heavy atom. The van der Waals surface area contributed by atoms with Gasteiger partial charge >= 0.3 is 6.03 Å². The third kappa shape index (κ3) is 3.64. The van der Waals surface area contributed by atoms with Gasteiger partial charge in [0.2, 0.25) is 0 Å². The highest BCUT2D eigenvalue weighted by Crippen LogP contribution is 2.32. The number of carbonyl (C=O) groups excluding carboxylic acids is 1. The number of hydrogen-bond donors (Lipinski definition) is 1. The molecule has 1 unspecified atom stereocenters. The number of anilines is 1. The lowest BCUT2D eigenvalue weighted by atomic mass is 10.1. The first-order chi connectivity index (χ1) is 11.1. The number of carbonyl (C=O) groups is 1. The molecule has 0 radical (unpaired) electrons. The molecule has 5 nitrogen and oxygen atoms in total. The Morgan fingerprint density at radius 1 is 1.48 bits per heavy atom. The summed E-state index contributed by atoms with van der Waals surface area (Å²) >= 11 is 1.68. The van der Waals surface area contributed by atoms with Crippen molar-refractivity contribution in [2.24, 2.45) is 0 Å². The van der Waals surface area contributed by atoms with E-state index < -0.39 is 0 Å². The fourth-order valence-corrected chi connectivity index (χ4v) is 3.62. The van der Waals surface area contributed by atoms with Gasteiger partial charge in [0.05, 0.1) is 6.04 Å². The summed E-state index contributed by atoms with van der Waals surface area (Å²) in [4.78, 5) is 20.7. The average molecular weight is 330 g/mol. The van der Waals surface area contributed by atoms with E-state index in [1.54, 1.807) is 17.5 Å². The van der Waals surface area contributed by atoms with Gasteiger partial charge in [-0.25, -0.2) is 9.78 Å². The molecule has 0 saturated carbocycles. The van der Waals surface area contributed by atoms with Crippen LogP contribution in [-0.2, 0) is 6.54 Å². The lowest BCUT2D eigenvalue weighted by Crippen LogP contribution is -2.39. The molecule has 1 atom stereocenters. The molecule has 23 heavy (non-hydrogen) atoms. The quantitative estimate of drug-likeness (QED) is 0.936. The van der Waals surface area contributed by atoms with Gasteiger partial charge in [0.1, 0.15) is 5.82 Å². The van der Waals surface area contributed by atoms with Crippen molar-refractivity contribution >= 4 is 23.2 Å². The van der Waals surface area contributed by atoms with Crippen LogP contribution in [-0.4, -0.2) is 36.6 Å². The van der Waals surface area contributed by atoms with Crippen molar-refractivity contribution in [3.05, 3.63) is 46.3 Å². The van der Waals surface area contributed by atoms with Crippen molar-refractivity contribution in [3.8, 4) is 0 Å². The normalized spacial score (nSPS) is 17.3. The third-order valence-corrected chi connectivity index (χ3v) is 4.85. The minimum atomic E-state index is 0.0157. The van der Waals surface area contributed by atoms with E-state index >= 15 is 0 Å². The molecular weight excluding hydrogens is 308 g/mol. The number of aromatic nitrogens is 1. The van der Waals surface area contributed by atoms with Gasteiger partial charge in [-0.1, -0.05) is 0 Å². The molecule has 1 saturated heterocycles. The van der Waals surface area contributed by atoms with Crippen molar-refractivity contribution in [1.29, 1.82) is 0 Å². The molecule has 0 spiro atoms. The molecule has 0 bridgehead atoms. The van der Waals surface area contributed by atoms with Crippen molar-refractivity contribution in [3.63, 3.8) is 0 Å². The SMILES string of the molecule is CN(C)c1cc(CNC(=O)N2CCCC2c2ccsc2)ccn1. The Balaban J connectivity index is 1.62. The van der Waals surface area contributed by atoms with Crippen LogP contribution in [0.1, 0.15) is 30.0 Å². The average Bonchev–Trinajstić information content (AvgIpc) is 3.23. The number of nitrogens with one attached hydrogen (secondary N) is 1. The van der Waals surface area contributed by atoms with Gasteiger partial charge in [0.15, 0.2) is 0 Å². The van der Waals surface area contributed by atoms with Gasteiger partial charge in [-0.2, -0.15) is 11.3 Å². The Morgan fingerprint density at radius 2 is 2.35 bits per heavy atom. The second-order valence-corrected chi connectivity index (χ2v) is 6.76. The fraction of sp³-hybridized carbons (Fsp3) is 0.412. The highest BCUT2D eigenvalue weighted by atomic mass is 32.1. The summed E-state index contributed by atoms with van der Waals surface area (Å²) < 4.78 is 0. The van der Waals surface area contributed by atoms with E-state index in [4.69, 9.17) is 0 Å². The zero-order valence-electron chi connectivity index (χ0n) is 13.5. The van der Waals surface area contributed by atoms with Gasteiger partial charge in [0.25, 0.3) is 0 Å². The van der Waals surface area contributed by atoms with Crippen LogP contribution in [0.2, 0.25) is 0 Å². The molecule has 3 heterocycles. The van der Waals surface area contributed by atoms with Crippen LogP contribution in [0, 0.1) is 0 Å². The minimum absolute atomic E-state index is 0.0157. The van der Waals surface area contributed by atoms with E-state index in [0.717, 1.165) is 30.8 Å². The second kappa shape index (κ2) is 7.00. The number of pyridine rings is 1. The predicted octanol–water partition coefficient (Wildman–Crippen LogP) is 3.26. The topological polar surface area (TPSA) is 48.5 Å². The van der Waals surface area contributed by atoms with E-state index in [9.17, 15) is 4.79 Å². The Hall–Kier alpha value is -2.08. The molecule has 6 heteroatoms. The molecule has 3 rings (SSSR count). The number of nitrogens with zero attached hydrogens (tertiary/aromatic N) is 3. The van der Waals surface area contributed by atoms with Crippen LogP contribution in [0.25, 0.3) is 0 Å². The third-order valence-electron chi connectivity index (χ3n) is 4.15. The molecule has 2 amide bonds. The summed E-state index contributed by atoms with van der Waals surface area (Å²) in [7, 11) is 3.92. The predicted molar refractivity (Wildman–Crippen MR) is 93.8 cm³/mol. The van der Waals surface area contributed by atoms with Crippen LogP contribution in [0.3, 0.4) is 0 Å². The van der Waals surface area contributed by atoms with E-state index in [2.05, 4.69) is 27.1 Å². The number of hydrogen-bond acceptors (Lipinski definition) is 4. The van der Waals surface area contributed by atoms with Crippen molar-refractivity contribution in [1.82, 2.24) is 15.2 Å². The summed E-state index contributed by atoms with van der Waals surface area (Å²) in [6.45, 7) is 1.35. The zero-order valence-corrected chi connectivity index (χ0v) is 14.3. The molecule has 0 aromatic carbocycles. The maximum absolute atomic E-state index is 12.5. The Labute approximate surface area is 140 Å². The van der Waals surface area contributed by atoms with Crippen LogP contribution in [0.15, 0.2) is 35.2 Å². The minimum Gasteiger partial charge on any atom is -0.363 e. The van der Waals surface area contributed by atoms with Crippen LogP contribution in [0.5, 0.6) is 0 Å². The first-order valence-electron chi connectivity index (χ1n) is 7.84. The molecule has 2 aromatic rings. The molecule has 2 aromatic heterocycles. The smallest absolute Gasteiger partial charge is 0.318 e. The summed E-state index contributed by atoms with van der Waals surface area (Å²) in [5, 5.41) is 7.26. The highest BCUT2D eigenvalue weighted by Gasteiger charge is 2.29. The zero-order chi connectivity index (χ0) is 16.2. The first kappa shape index (κ1) is 15.8. The maximum Gasteiger partial charge on any atom is 0.318 e. The Kier molecular flexibility index (Phi) is 4.81. The van der Waals surface area contributed by atoms with Crippen LogP contribution in [0.4, 0.5) is 10.6 Å². The molecule has 122 valence electrons. The number of rotatable bonds is 4. The summed E-state index contributed by atoms with van der Waals surface area (Å²) in [5.74, 6) is 0.897. The number of likely N-dealkylation sites (tertiary alicyclic amines) is 1. The monoisotopic (exact) mass is 330 g/mol. The van der Waals surface area contributed by atoms with E-state index in [1.807, 2.05) is 36.0 Å². The molecule has 0 aliphatic carbocycles. The lowest BCUT2D eigenvalue weighted by Gasteiger charge is -2.24. The molecular formula is C17H22N4OS. The van der Waals surface area contributed by atoms with Crippen LogP contribution < -0.4 is 10.2 Å². The van der Waals surface area contributed by atoms with Gasteiger partial charge in [-0.15, -0.1) is 0 Å². The summed E-state index contributed by atoms with van der Waals surface area (Å²) in [6.07, 6.45) is 3.89. The molecule has 1 fully saturated rings. The van der Waals surface area contributed by atoms with Gasteiger partial charge < -0.3 is 15.1 Å². The molecule has 1 N–H and O–H groups in total. The van der Waals surface area contributed by atoms with Crippen molar-refractivity contribution in [2.45, 2.75) is 25.4 Å². The summed E-state index contributed by atoms with van der Waals surface area (Å²) in [5.41, 5.74) is 2.31. The van der Waals surface area contributed by atoms with Crippen LogP contribution >= 0.6 is 11.3 Å². The van der Waals surface area contributed by atoms with Gasteiger partial charge in [-0.05, 0) is 52.9 Å². The standard InChI is InChI=1S/C17H22N4OS/c1-20(2)16-10-13(5-7-18-16)11-19-17(22)21-8-3-4-15(21)14-6-9-23-12-14/h5-7,9-10,12,15H,3-4,8,11H2,1-2H3,(H,19,22). The largest absolute Gasteiger partial charge is 0.363 e. The number of urea groups is 1. The second-order valence-electron chi connectivity index (χ2n) is 5.98. The van der Waals surface area contributed by atoms with Gasteiger partial charge in [-0.3, -0.25) is 0 Å². The van der Waals surface area contributed by atoms with E-state index in [0.29, 0.717) is 6.54 Å². The number of thiophene rings is 1. The highest BCUT2D eigenvalue weighted by molar-refractivity contribution is 7.07. The van der Waals surface area contributed by atoms with Crippen molar-refractivity contribution < 1.29 is 4.79 Å². The lowest BCUT2D eigenvalue weighted by molar-refractivity contribution is 0.192. The Bertz CT molecular complexity index is 656. The van der Waals surface area contributed by atoms with E-state index in [1.165, 1.54) is 5.56 Å². The van der Waals surface area contributed by atoms with Crippen molar-refractivity contribution in [2.75, 3.05) is 25.5 Å². The maximum atomic E-state index is 12.5. The number of amides is 2. The fourth-order valence-electron chi connectivity index (χ4n) is 2.92. The molecule has 1 aliphatic heterocycles.